The Kier molecular flexibility index (Phi) is 5.42. The Morgan fingerprint density at radius 1 is 1.33 bits per heavy atom. The molecule has 0 saturated carbocycles. The predicted octanol–water partition coefficient (Wildman–Crippen LogP) is 1.91. The lowest BCUT2D eigenvalue weighted by Gasteiger charge is -2.35. The van der Waals surface area contributed by atoms with Crippen LogP contribution in [0.3, 0.4) is 0 Å². The highest BCUT2D eigenvalue weighted by Gasteiger charge is 2.22. The lowest BCUT2D eigenvalue weighted by molar-refractivity contribution is 0.1000. The number of carbonyl (C=O) groups is 1. The van der Waals surface area contributed by atoms with E-state index in [-0.39, 0.29) is 0 Å². The average molecular weight is 345 g/mol. The number of nitrogens with zero attached hydrogens (tertiary/aromatic N) is 4. The molecule has 2 N–H and O–H groups in total. The van der Waals surface area contributed by atoms with Crippen LogP contribution in [-0.2, 0) is 13.0 Å². The zero-order valence-corrected chi connectivity index (χ0v) is 14.8. The number of piperazine rings is 1. The molecule has 0 unspecified atom stereocenters. The van der Waals surface area contributed by atoms with Gasteiger partial charge in [-0.25, -0.2) is 9.97 Å². The first-order chi connectivity index (χ1) is 11.7. The predicted molar refractivity (Wildman–Crippen MR) is 96.4 cm³/mol. The SMILES string of the molecule is CCCc1nc(CN2CCN(c3ncccc3C(N)=O)CC2)cs1. The summed E-state index contributed by atoms with van der Waals surface area (Å²) in [6, 6.07) is 3.48. The van der Waals surface area contributed by atoms with Gasteiger partial charge < -0.3 is 10.6 Å². The van der Waals surface area contributed by atoms with Crippen LogP contribution in [0.1, 0.15) is 34.4 Å². The number of primary amides is 1. The maximum Gasteiger partial charge on any atom is 0.252 e. The molecule has 3 heterocycles. The molecule has 6 nitrogen and oxygen atoms in total. The zero-order valence-electron chi connectivity index (χ0n) is 13.9. The van der Waals surface area contributed by atoms with Gasteiger partial charge in [-0.2, -0.15) is 0 Å². The molecule has 1 saturated heterocycles. The number of rotatable bonds is 6. The van der Waals surface area contributed by atoms with Crippen molar-refractivity contribution in [1.82, 2.24) is 14.9 Å². The van der Waals surface area contributed by atoms with Gasteiger partial charge in [-0.05, 0) is 25.0 Å². The van der Waals surface area contributed by atoms with Crippen LogP contribution in [0, 0.1) is 0 Å². The van der Waals surface area contributed by atoms with E-state index in [4.69, 9.17) is 10.7 Å². The molecule has 1 fully saturated rings. The molecular weight excluding hydrogens is 322 g/mol. The third kappa shape index (κ3) is 3.91. The second-order valence-electron chi connectivity index (χ2n) is 5.98. The van der Waals surface area contributed by atoms with Crippen molar-refractivity contribution in [3.8, 4) is 0 Å². The van der Waals surface area contributed by atoms with E-state index in [9.17, 15) is 4.79 Å². The highest BCUT2D eigenvalue weighted by Crippen LogP contribution is 2.20. The Labute approximate surface area is 146 Å². The van der Waals surface area contributed by atoms with Gasteiger partial charge in [-0.1, -0.05) is 6.92 Å². The molecule has 0 bridgehead atoms. The number of hydrogen-bond donors (Lipinski definition) is 1. The van der Waals surface area contributed by atoms with E-state index in [2.05, 4.69) is 27.1 Å². The third-order valence-corrected chi connectivity index (χ3v) is 5.13. The number of hydrogen-bond acceptors (Lipinski definition) is 6. The third-order valence-electron chi connectivity index (χ3n) is 4.17. The van der Waals surface area contributed by atoms with Crippen molar-refractivity contribution in [1.29, 1.82) is 0 Å². The molecule has 128 valence electrons. The van der Waals surface area contributed by atoms with Gasteiger partial charge in [0.15, 0.2) is 0 Å². The number of carbonyl (C=O) groups excluding carboxylic acids is 1. The smallest absolute Gasteiger partial charge is 0.252 e. The number of aryl methyl sites for hydroxylation is 1. The summed E-state index contributed by atoms with van der Waals surface area (Å²) in [4.78, 5) is 25.2. The number of thiazole rings is 1. The molecule has 3 rings (SSSR count). The number of nitrogens with two attached hydrogens (primary N) is 1. The van der Waals surface area contributed by atoms with Gasteiger partial charge in [0.1, 0.15) is 5.82 Å². The molecule has 0 aromatic carbocycles. The summed E-state index contributed by atoms with van der Waals surface area (Å²) in [6.45, 7) is 6.59. The summed E-state index contributed by atoms with van der Waals surface area (Å²) in [7, 11) is 0. The van der Waals surface area contributed by atoms with Crippen LogP contribution >= 0.6 is 11.3 Å². The van der Waals surface area contributed by atoms with Crippen LogP contribution in [0.25, 0.3) is 0 Å². The summed E-state index contributed by atoms with van der Waals surface area (Å²) < 4.78 is 0. The number of anilines is 1. The van der Waals surface area contributed by atoms with Crippen molar-refractivity contribution in [3.63, 3.8) is 0 Å². The van der Waals surface area contributed by atoms with Crippen molar-refractivity contribution in [3.05, 3.63) is 40.0 Å². The van der Waals surface area contributed by atoms with Crippen LogP contribution in [0.5, 0.6) is 0 Å². The van der Waals surface area contributed by atoms with E-state index in [0.29, 0.717) is 11.4 Å². The lowest BCUT2D eigenvalue weighted by atomic mass is 10.2. The quantitative estimate of drug-likeness (QED) is 0.865. The molecule has 1 amide bonds. The lowest BCUT2D eigenvalue weighted by Crippen LogP contribution is -2.46. The van der Waals surface area contributed by atoms with Crippen molar-refractivity contribution < 1.29 is 4.79 Å². The van der Waals surface area contributed by atoms with Crippen molar-refractivity contribution in [2.45, 2.75) is 26.3 Å². The number of pyridine rings is 1. The molecule has 1 aliphatic heterocycles. The molecular formula is C17H23N5OS. The molecule has 1 aliphatic rings. The molecule has 0 atom stereocenters. The van der Waals surface area contributed by atoms with Crippen molar-refractivity contribution >= 4 is 23.1 Å². The van der Waals surface area contributed by atoms with Gasteiger partial charge in [0.05, 0.1) is 16.3 Å². The summed E-state index contributed by atoms with van der Waals surface area (Å²) in [5.74, 6) is 0.273. The van der Waals surface area contributed by atoms with E-state index < -0.39 is 5.91 Å². The monoisotopic (exact) mass is 345 g/mol. The maximum atomic E-state index is 11.6. The molecule has 0 spiro atoms. The number of aromatic nitrogens is 2. The average Bonchev–Trinajstić information content (AvgIpc) is 3.03. The van der Waals surface area contributed by atoms with Crippen molar-refractivity contribution in [2.75, 3.05) is 31.1 Å². The highest BCUT2D eigenvalue weighted by atomic mass is 32.1. The molecule has 2 aromatic rings. The Bertz CT molecular complexity index is 694. The fourth-order valence-electron chi connectivity index (χ4n) is 2.94. The Hall–Kier alpha value is -1.99. The molecule has 0 aliphatic carbocycles. The molecule has 7 heteroatoms. The number of amides is 1. The second kappa shape index (κ2) is 7.72. The van der Waals surface area contributed by atoms with Crippen LogP contribution < -0.4 is 10.6 Å². The van der Waals surface area contributed by atoms with Gasteiger partial charge in [0.2, 0.25) is 0 Å². The highest BCUT2D eigenvalue weighted by molar-refractivity contribution is 7.09. The minimum atomic E-state index is -0.425. The Morgan fingerprint density at radius 2 is 2.12 bits per heavy atom. The summed E-state index contributed by atoms with van der Waals surface area (Å²) in [5.41, 5.74) is 7.11. The van der Waals surface area contributed by atoms with Crippen molar-refractivity contribution in [2.24, 2.45) is 5.73 Å². The van der Waals surface area contributed by atoms with Gasteiger partial charge in [-0.15, -0.1) is 11.3 Å². The van der Waals surface area contributed by atoms with E-state index >= 15 is 0 Å². The summed E-state index contributed by atoms with van der Waals surface area (Å²) in [6.07, 6.45) is 3.91. The van der Waals surface area contributed by atoms with Gasteiger partial charge >= 0.3 is 0 Å². The van der Waals surface area contributed by atoms with Gasteiger partial charge in [-0.3, -0.25) is 9.69 Å². The normalized spacial score (nSPS) is 15.6. The van der Waals surface area contributed by atoms with E-state index in [0.717, 1.165) is 51.3 Å². The topological polar surface area (TPSA) is 75.3 Å². The first-order valence-corrected chi connectivity index (χ1v) is 9.20. The van der Waals surface area contributed by atoms with Crippen LogP contribution in [-0.4, -0.2) is 47.0 Å². The standard InChI is InChI=1S/C17H23N5OS/c1-2-4-15-20-13(12-24-15)11-21-7-9-22(10-8-21)17-14(16(18)23)5-3-6-19-17/h3,5-6,12H,2,4,7-11H2,1H3,(H2,18,23). The van der Waals surface area contributed by atoms with E-state index in [1.807, 2.05) is 0 Å². The summed E-state index contributed by atoms with van der Waals surface area (Å²) in [5, 5.41) is 3.40. The summed E-state index contributed by atoms with van der Waals surface area (Å²) >= 11 is 1.76. The minimum absolute atomic E-state index is 0.425. The second-order valence-corrected chi connectivity index (χ2v) is 6.93. The van der Waals surface area contributed by atoms with E-state index in [1.165, 1.54) is 5.01 Å². The Morgan fingerprint density at radius 3 is 2.83 bits per heavy atom. The minimum Gasteiger partial charge on any atom is -0.365 e. The van der Waals surface area contributed by atoms with Gasteiger partial charge in [0, 0.05) is 44.3 Å². The van der Waals surface area contributed by atoms with E-state index in [1.54, 1.807) is 29.7 Å². The Balaban J connectivity index is 1.58. The first-order valence-electron chi connectivity index (χ1n) is 8.32. The first kappa shape index (κ1) is 16.9. The fraction of sp³-hybridized carbons (Fsp3) is 0.471. The largest absolute Gasteiger partial charge is 0.365 e. The zero-order chi connectivity index (χ0) is 16.9. The van der Waals surface area contributed by atoms with Gasteiger partial charge in [0.25, 0.3) is 5.91 Å². The fourth-order valence-corrected chi connectivity index (χ4v) is 3.83. The van der Waals surface area contributed by atoms with Crippen LogP contribution in [0.15, 0.2) is 23.7 Å². The molecule has 0 radical (unpaired) electrons. The van der Waals surface area contributed by atoms with Crippen LogP contribution in [0.2, 0.25) is 0 Å². The molecule has 2 aromatic heterocycles. The maximum absolute atomic E-state index is 11.6. The molecule has 24 heavy (non-hydrogen) atoms. The van der Waals surface area contributed by atoms with Crippen LogP contribution in [0.4, 0.5) is 5.82 Å².